The van der Waals surface area contributed by atoms with Crippen LogP contribution in [-0.2, 0) is 28.6 Å². The van der Waals surface area contributed by atoms with Crippen LogP contribution in [0.1, 0.15) is 278 Å². The molecule has 6 heteroatoms. The van der Waals surface area contributed by atoms with Crippen LogP contribution in [-0.4, -0.2) is 37.2 Å². The van der Waals surface area contributed by atoms with E-state index in [9.17, 15) is 14.4 Å². The number of unbranched alkanes of at least 4 members (excludes halogenated alkanes) is 28. The van der Waals surface area contributed by atoms with Gasteiger partial charge in [0.05, 0.1) is 0 Å². The molecule has 67 heavy (non-hydrogen) atoms. The first kappa shape index (κ1) is 63.8. The molecule has 0 aromatic heterocycles. The van der Waals surface area contributed by atoms with Crippen molar-refractivity contribution < 1.29 is 28.6 Å². The molecule has 1 atom stereocenters. The van der Waals surface area contributed by atoms with Crippen molar-refractivity contribution in [2.75, 3.05) is 13.2 Å². The van der Waals surface area contributed by atoms with Crippen molar-refractivity contribution in [2.45, 2.75) is 284 Å². The molecule has 0 amide bonds. The SMILES string of the molecule is CC/C=C\C/C=C\C/C=C\CCCCCC(=O)OCC(COC(=O)CCCCCCCC/C=C\C/C=C\C/C=C\CCCCC)OC(=O)CCCCCCCCCCCCCCCCCCC. The van der Waals surface area contributed by atoms with Crippen LogP contribution in [0.3, 0.4) is 0 Å². The first-order valence-electron chi connectivity index (χ1n) is 28.4. The molecular weight excluding hydrogens is 829 g/mol. The van der Waals surface area contributed by atoms with E-state index >= 15 is 0 Å². The van der Waals surface area contributed by atoms with Gasteiger partial charge in [0.1, 0.15) is 13.2 Å². The Kier molecular flexibility index (Phi) is 52.8. The Labute approximate surface area is 414 Å². The van der Waals surface area contributed by atoms with Gasteiger partial charge in [-0.2, -0.15) is 0 Å². The number of rotatable bonds is 51. The maximum Gasteiger partial charge on any atom is 0.306 e. The summed E-state index contributed by atoms with van der Waals surface area (Å²) in [6.07, 6.45) is 70.3. The predicted octanol–water partition coefficient (Wildman–Crippen LogP) is 19.0. The number of carbonyl (C=O) groups excluding carboxylic acids is 3. The minimum atomic E-state index is -0.791. The maximum absolute atomic E-state index is 12.8. The van der Waals surface area contributed by atoms with Gasteiger partial charge in [0.15, 0.2) is 6.10 Å². The summed E-state index contributed by atoms with van der Waals surface area (Å²) in [5.74, 6) is -0.922. The van der Waals surface area contributed by atoms with Gasteiger partial charge in [0.25, 0.3) is 0 Å². The fraction of sp³-hybridized carbons (Fsp3) is 0.754. The first-order chi connectivity index (χ1) is 33.0. The molecule has 1 unspecified atom stereocenters. The molecule has 0 aromatic carbocycles. The highest BCUT2D eigenvalue weighted by Gasteiger charge is 2.19. The van der Waals surface area contributed by atoms with E-state index < -0.39 is 6.10 Å². The monoisotopic (exact) mass is 935 g/mol. The Bertz CT molecular complexity index is 1260. The Hall–Kier alpha value is -3.15. The van der Waals surface area contributed by atoms with Gasteiger partial charge in [-0.15, -0.1) is 0 Å². The summed E-state index contributed by atoms with van der Waals surface area (Å²) in [5, 5.41) is 0. The van der Waals surface area contributed by atoms with Gasteiger partial charge >= 0.3 is 17.9 Å². The normalized spacial score (nSPS) is 12.6. The molecule has 0 N–H and O–H groups in total. The van der Waals surface area contributed by atoms with Gasteiger partial charge in [0, 0.05) is 19.3 Å². The number of ether oxygens (including phenoxy) is 3. The second kappa shape index (κ2) is 55.4. The van der Waals surface area contributed by atoms with E-state index in [1.807, 2.05) is 0 Å². The third-order valence-electron chi connectivity index (χ3n) is 12.2. The summed E-state index contributed by atoms with van der Waals surface area (Å²) in [6.45, 7) is 6.48. The molecule has 0 saturated heterocycles. The topological polar surface area (TPSA) is 78.9 Å². The van der Waals surface area contributed by atoms with Crippen LogP contribution < -0.4 is 0 Å². The van der Waals surface area contributed by atoms with Crippen molar-refractivity contribution in [1.82, 2.24) is 0 Å². The van der Waals surface area contributed by atoms with Crippen LogP contribution in [0.2, 0.25) is 0 Å². The minimum absolute atomic E-state index is 0.0899. The molecule has 0 aromatic rings. The lowest BCUT2D eigenvalue weighted by Gasteiger charge is -2.18. The minimum Gasteiger partial charge on any atom is -0.462 e. The maximum atomic E-state index is 12.8. The third-order valence-corrected chi connectivity index (χ3v) is 12.2. The molecule has 0 radical (unpaired) electrons. The Morgan fingerprint density at radius 3 is 0.955 bits per heavy atom. The average Bonchev–Trinajstić information content (AvgIpc) is 3.33. The van der Waals surface area contributed by atoms with E-state index in [0.717, 1.165) is 103 Å². The second-order valence-electron chi connectivity index (χ2n) is 18.8. The van der Waals surface area contributed by atoms with E-state index in [1.54, 1.807) is 0 Å². The van der Waals surface area contributed by atoms with Crippen molar-refractivity contribution in [3.05, 3.63) is 72.9 Å². The summed E-state index contributed by atoms with van der Waals surface area (Å²) < 4.78 is 16.8. The van der Waals surface area contributed by atoms with Crippen LogP contribution in [0.5, 0.6) is 0 Å². The van der Waals surface area contributed by atoms with Crippen LogP contribution in [0, 0.1) is 0 Å². The summed E-state index contributed by atoms with van der Waals surface area (Å²) in [6, 6.07) is 0. The zero-order valence-electron chi connectivity index (χ0n) is 44.2. The van der Waals surface area contributed by atoms with E-state index in [4.69, 9.17) is 14.2 Å². The standard InChI is InChI=1S/C61H106O6/c1-4-7-10-13-16-19-22-25-27-29-30-32-33-36-39-42-45-48-51-54-60(63)66-57-58(56-65-59(62)53-50-47-44-41-38-35-24-21-18-15-12-9-6-3)67-61(64)55-52-49-46-43-40-37-34-31-28-26-23-20-17-14-11-8-5-2/h9,12,16,18-19,21,25,27,30,32,35,38,58H,4-8,10-11,13-15,17,20,22-24,26,28-29,31,33-34,36-37,39-57H2,1-3H3/b12-9-,19-16-,21-18-,27-25-,32-30-,38-35-. The Morgan fingerprint density at radius 1 is 0.313 bits per heavy atom. The van der Waals surface area contributed by atoms with Crippen molar-refractivity contribution in [3.63, 3.8) is 0 Å². The number of esters is 3. The zero-order chi connectivity index (χ0) is 48.6. The molecule has 0 aliphatic rings. The van der Waals surface area contributed by atoms with Crippen LogP contribution in [0.25, 0.3) is 0 Å². The molecule has 0 aliphatic carbocycles. The molecule has 0 rings (SSSR count). The highest BCUT2D eigenvalue weighted by atomic mass is 16.6. The molecule has 0 spiro atoms. The summed E-state index contributed by atoms with van der Waals surface area (Å²) in [7, 11) is 0. The highest BCUT2D eigenvalue weighted by molar-refractivity contribution is 5.71. The van der Waals surface area contributed by atoms with Gasteiger partial charge in [-0.3, -0.25) is 14.4 Å². The zero-order valence-corrected chi connectivity index (χ0v) is 44.2. The smallest absolute Gasteiger partial charge is 0.306 e. The summed E-state index contributed by atoms with van der Waals surface area (Å²) in [5.41, 5.74) is 0. The van der Waals surface area contributed by atoms with E-state index in [2.05, 4.69) is 93.7 Å². The van der Waals surface area contributed by atoms with Gasteiger partial charge in [0.2, 0.25) is 0 Å². The molecule has 0 saturated carbocycles. The van der Waals surface area contributed by atoms with Crippen LogP contribution in [0.15, 0.2) is 72.9 Å². The molecule has 0 aliphatic heterocycles. The Balaban J connectivity index is 4.40. The van der Waals surface area contributed by atoms with Crippen LogP contribution >= 0.6 is 0 Å². The highest BCUT2D eigenvalue weighted by Crippen LogP contribution is 2.16. The molecule has 6 nitrogen and oxygen atoms in total. The summed E-state index contributed by atoms with van der Waals surface area (Å²) >= 11 is 0. The van der Waals surface area contributed by atoms with E-state index in [0.29, 0.717) is 19.3 Å². The third kappa shape index (κ3) is 53.7. The number of hydrogen-bond donors (Lipinski definition) is 0. The van der Waals surface area contributed by atoms with Gasteiger partial charge in [-0.1, -0.05) is 241 Å². The first-order valence-corrected chi connectivity index (χ1v) is 28.4. The largest absolute Gasteiger partial charge is 0.462 e. The number of carbonyl (C=O) groups is 3. The molecule has 0 heterocycles. The second-order valence-corrected chi connectivity index (χ2v) is 18.8. The van der Waals surface area contributed by atoms with Gasteiger partial charge in [-0.05, 0) is 89.9 Å². The van der Waals surface area contributed by atoms with Crippen molar-refractivity contribution in [1.29, 1.82) is 0 Å². The summed E-state index contributed by atoms with van der Waals surface area (Å²) in [4.78, 5) is 38.1. The predicted molar refractivity (Wildman–Crippen MR) is 288 cm³/mol. The van der Waals surface area contributed by atoms with Crippen molar-refractivity contribution in [2.24, 2.45) is 0 Å². The fourth-order valence-electron chi connectivity index (χ4n) is 7.93. The van der Waals surface area contributed by atoms with Crippen molar-refractivity contribution >= 4 is 17.9 Å². The lowest BCUT2D eigenvalue weighted by molar-refractivity contribution is -0.167. The average molecular weight is 936 g/mol. The van der Waals surface area contributed by atoms with Crippen LogP contribution in [0.4, 0.5) is 0 Å². The fourth-order valence-corrected chi connectivity index (χ4v) is 7.93. The molecular formula is C61H106O6. The molecule has 386 valence electrons. The molecule has 0 fully saturated rings. The van der Waals surface area contributed by atoms with Gasteiger partial charge in [-0.25, -0.2) is 0 Å². The lowest BCUT2D eigenvalue weighted by Crippen LogP contribution is -2.30. The Morgan fingerprint density at radius 2 is 0.582 bits per heavy atom. The quantitative estimate of drug-likeness (QED) is 0.0262. The number of hydrogen-bond acceptors (Lipinski definition) is 6. The lowest BCUT2D eigenvalue weighted by atomic mass is 10.0. The molecule has 0 bridgehead atoms. The number of allylic oxidation sites excluding steroid dienone is 12. The van der Waals surface area contributed by atoms with Gasteiger partial charge < -0.3 is 14.2 Å². The van der Waals surface area contributed by atoms with E-state index in [1.165, 1.54) is 135 Å². The van der Waals surface area contributed by atoms with E-state index in [-0.39, 0.29) is 31.1 Å². The van der Waals surface area contributed by atoms with Crippen molar-refractivity contribution in [3.8, 4) is 0 Å².